The Morgan fingerprint density at radius 1 is 1.05 bits per heavy atom. The molecule has 2 aromatic rings. The van der Waals surface area contributed by atoms with Crippen LogP contribution >= 0.6 is 0 Å². The van der Waals surface area contributed by atoms with Crippen LogP contribution in [0, 0.1) is 5.82 Å². The van der Waals surface area contributed by atoms with Gasteiger partial charge in [0.15, 0.2) is 5.78 Å². The molecule has 2 rings (SSSR count). The van der Waals surface area contributed by atoms with Crippen LogP contribution in [0.1, 0.15) is 11.1 Å². The van der Waals surface area contributed by atoms with Crippen molar-refractivity contribution in [2.75, 3.05) is 13.6 Å². The molecular weight excluding hydrogens is 253 g/mol. The van der Waals surface area contributed by atoms with Crippen molar-refractivity contribution in [3.05, 3.63) is 71.5 Å². The molecule has 3 heteroatoms. The number of rotatable bonds is 6. The molecule has 0 spiro atoms. The summed E-state index contributed by atoms with van der Waals surface area (Å²) in [4.78, 5) is 13.9. The Bertz CT molecular complexity index is 568. The molecule has 0 saturated heterocycles. The van der Waals surface area contributed by atoms with Crippen LogP contribution in [0.15, 0.2) is 54.6 Å². The fourth-order valence-electron chi connectivity index (χ4n) is 2.18. The van der Waals surface area contributed by atoms with Gasteiger partial charge in [0.2, 0.25) is 0 Å². The summed E-state index contributed by atoms with van der Waals surface area (Å²) in [6, 6.07) is 16.2. The second-order valence-corrected chi connectivity index (χ2v) is 5.00. The third-order valence-electron chi connectivity index (χ3n) is 3.03. The van der Waals surface area contributed by atoms with E-state index >= 15 is 0 Å². The number of Topliss-reactive ketones (excluding diaryl/α,β-unsaturated/α-hetero) is 1. The number of carbonyl (C=O) groups is 1. The van der Waals surface area contributed by atoms with Crippen LogP contribution in [0.4, 0.5) is 4.39 Å². The minimum atomic E-state index is -0.244. The molecule has 2 aromatic carbocycles. The third kappa shape index (κ3) is 4.59. The van der Waals surface area contributed by atoms with Crippen LogP contribution < -0.4 is 0 Å². The average Bonchev–Trinajstić information content (AvgIpc) is 2.39. The normalized spacial score (nSPS) is 10.8. The van der Waals surface area contributed by atoms with Gasteiger partial charge in [0.05, 0.1) is 6.54 Å². The Morgan fingerprint density at radius 2 is 1.75 bits per heavy atom. The fraction of sp³-hybridized carbons (Fsp3) is 0.235. The van der Waals surface area contributed by atoms with Gasteiger partial charge >= 0.3 is 0 Å². The fourth-order valence-corrected chi connectivity index (χ4v) is 2.18. The van der Waals surface area contributed by atoms with Gasteiger partial charge in [-0.1, -0.05) is 42.5 Å². The maximum Gasteiger partial charge on any atom is 0.151 e. The van der Waals surface area contributed by atoms with E-state index in [2.05, 4.69) is 0 Å². The monoisotopic (exact) mass is 271 g/mol. The number of benzene rings is 2. The molecule has 2 nitrogen and oxygen atoms in total. The van der Waals surface area contributed by atoms with Crippen LogP contribution in [0.2, 0.25) is 0 Å². The molecule has 0 aromatic heterocycles. The smallest absolute Gasteiger partial charge is 0.151 e. The first-order valence-corrected chi connectivity index (χ1v) is 6.62. The second kappa shape index (κ2) is 6.96. The highest BCUT2D eigenvalue weighted by molar-refractivity contribution is 5.82. The van der Waals surface area contributed by atoms with E-state index in [0.29, 0.717) is 19.5 Å². The van der Waals surface area contributed by atoms with E-state index in [1.165, 1.54) is 12.1 Å². The van der Waals surface area contributed by atoms with Gasteiger partial charge in [0.25, 0.3) is 0 Å². The van der Waals surface area contributed by atoms with Crippen LogP contribution in [0.3, 0.4) is 0 Å². The molecule has 0 aliphatic carbocycles. The molecule has 0 aliphatic heterocycles. The lowest BCUT2D eigenvalue weighted by molar-refractivity contribution is -0.119. The highest BCUT2D eigenvalue weighted by Gasteiger charge is 2.08. The maximum atomic E-state index is 13.1. The van der Waals surface area contributed by atoms with Gasteiger partial charge < -0.3 is 0 Å². The van der Waals surface area contributed by atoms with Crippen molar-refractivity contribution in [2.24, 2.45) is 0 Å². The van der Waals surface area contributed by atoms with E-state index in [4.69, 9.17) is 0 Å². The third-order valence-corrected chi connectivity index (χ3v) is 3.03. The summed E-state index contributed by atoms with van der Waals surface area (Å²) in [6.07, 6.45) is 0.439. The topological polar surface area (TPSA) is 20.3 Å². The standard InChI is InChI=1S/C17H18FNO/c1-19(12-15-8-5-9-16(18)10-15)13-17(20)11-14-6-3-2-4-7-14/h2-10H,11-13H2,1H3. The van der Waals surface area contributed by atoms with Gasteiger partial charge in [-0.2, -0.15) is 0 Å². The van der Waals surface area contributed by atoms with Crippen LogP contribution in [-0.4, -0.2) is 24.3 Å². The van der Waals surface area contributed by atoms with Gasteiger partial charge in [-0.3, -0.25) is 9.69 Å². The molecule has 0 aliphatic rings. The van der Waals surface area contributed by atoms with Crippen molar-refractivity contribution in [2.45, 2.75) is 13.0 Å². The summed E-state index contributed by atoms with van der Waals surface area (Å²) >= 11 is 0. The van der Waals surface area contributed by atoms with Gasteiger partial charge in [0, 0.05) is 13.0 Å². The van der Waals surface area contributed by atoms with E-state index in [1.807, 2.05) is 48.3 Å². The molecule has 0 N–H and O–H groups in total. The van der Waals surface area contributed by atoms with Gasteiger partial charge in [-0.25, -0.2) is 4.39 Å². The lowest BCUT2D eigenvalue weighted by Gasteiger charge is -2.15. The number of carbonyl (C=O) groups excluding carboxylic acids is 1. The molecule has 0 heterocycles. The second-order valence-electron chi connectivity index (χ2n) is 5.00. The van der Waals surface area contributed by atoms with Gasteiger partial charge in [-0.15, -0.1) is 0 Å². The zero-order chi connectivity index (χ0) is 14.4. The maximum absolute atomic E-state index is 13.1. The summed E-state index contributed by atoms with van der Waals surface area (Å²) in [5, 5.41) is 0. The predicted octanol–water partition coefficient (Wildman–Crippen LogP) is 3.07. The molecular formula is C17H18FNO. The van der Waals surface area contributed by atoms with Crippen LogP contribution in [0.25, 0.3) is 0 Å². The molecule has 0 radical (unpaired) electrons. The summed E-state index contributed by atoms with van der Waals surface area (Å²) in [7, 11) is 1.87. The highest BCUT2D eigenvalue weighted by Crippen LogP contribution is 2.07. The van der Waals surface area contributed by atoms with Gasteiger partial charge in [-0.05, 0) is 30.3 Å². The average molecular weight is 271 g/mol. The quantitative estimate of drug-likeness (QED) is 0.804. The van der Waals surface area contributed by atoms with Crippen LogP contribution in [-0.2, 0) is 17.8 Å². The van der Waals surface area contributed by atoms with Crippen molar-refractivity contribution in [3.63, 3.8) is 0 Å². The molecule has 20 heavy (non-hydrogen) atoms. The predicted molar refractivity (Wildman–Crippen MR) is 77.9 cm³/mol. The van der Waals surface area contributed by atoms with E-state index in [1.54, 1.807) is 6.07 Å². The Labute approximate surface area is 118 Å². The van der Waals surface area contributed by atoms with Crippen LogP contribution in [0.5, 0.6) is 0 Å². The van der Waals surface area contributed by atoms with Crippen molar-refractivity contribution in [1.82, 2.24) is 4.90 Å². The van der Waals surface area contributed by atoms with E-state index in [-0.39, 0.29) is 11.6 Å². The molecule has 0 amide bonds. The SMILES string of the molecule is CN(CC(=O)Cc1ccccc1)Cc1cccc(F)c1. The Hall–Kier alpha value is -2.00. The molecule has 0 unspecified atom stereocenters. The number of likely N-dealkylation sites (N-methyl/N-ethyl adjacent to an activating group) is 1. The first-order valence-electron chi connectivity index (χ1n) is 6.62. The van der Waals surface area contributed by atoms with Crippen molar-refractivity contribution in [1.29, 1.82) is 0 Å². The molecule has 0 atom stereocenters. The number of ketones is 1. The van der Waals surface area contributed by atoms with Crippen molar-refractivity contribution < 1.29 is 9.18 Å². The zero-order valence-corrected chi connectivity index (χ0v) is 11.6. The molecule has 104 valence electrons. The largest absolute Gasteiger partial charge is 0.298 e. The summed E-state index contributed by atoms with van der Waals surface area (Å²) < 4.78 is 13.1. The number of nitrogens with zero attached hydrogens (tertiary/aromatic N) is 1. The van der Waals surface area contributed by atoms with E-state index < -0.39 is 0 Å². The molecule has 0 saturated carbocycles. The lowest BCUT2D eigenvalue weighted by atomic mass is 10.1. The Kier molecular flexibility index (Phi) is 5.02. The molecule has 0 bridgehead atoms. The first-order chi connectivity index (χ1) is 9.63. The zero-order valence-electron chi connectivity index (χ0n) is 11.6. The summed E-state index contributed by atoms with van der Waals surface area (Å²) in [5.41, 5.74) is 1.90. The first kappa shape index (κ1) is 14.4. The lowest BCUT2D eigenvalue weighted by Crippen LogP contribution is -2.26. The van der Waals surface area contributed by atoms with Crippen molar-refractivity contribution >= 4 is 5.78 Å². The van der Waals surface area contributed by atoms with E-state index in [0.717, 1.165) is 11.1 Å². The Balaban J connectivity index is 1.85. The summed E-state index contributed by atoms with van der Waals surface area (Å²) in [6.45, 7) is 0.934. The van der Waals surface area contributed by atoms with Gasteiger partial charge in [0.1, 0.15) is 5.82 Å². The summed E-state index contributed by atoms with van der Waals surface area (Å²) in [5.74, 6) is -0.0818. The Morgan fingerprint density at radius 3 is 2.45 bits per heavy atom. The van der Waals surface area contributed by atoms with E-state index in [9.17, 15) is 9.18 Å². The highest BCUT2D eigenvalue weighted by atomic mass is 19.1. The number of hydrogen-bond acceptors (Lipinski definition) is 2. The minimum absolute atomic E-state index is 0.162. The number of hydrogen-bond donors (Lipinski definition) is 0. The number of halogens is 1. The minimum Gasteiger partial charge on any atom is -0.298 e. The van der Waals surface area contributed by atoms with Crippen molar-refractivity contribution in [3.8, 4) is 0 Å². The molecule has 0 fully saturated rings.